The van der Waals surface area contributed by atoms with Gasteiger partial charge in [0.1, 0.15) is 0 Å². The van der Waals surface area contributed by atoms with Crippen LogP contribution in [0.4, 0.5) is 0 Å². The molecule has 0 amide bonds. The zero-order chi connectivity index (χ0) is 11.5. The van der Waals surface area contributed by atoms with E-state index in [1.165, 1.54) is 32.8 Å². The van der Waals surface area contributed by atoms with Crippen LogP contribution >= 0.6 is 0 Å². The Morgan fingerprint density at radius 1 is 1.20 bits per heavy atom. The molecule has 4 nitrogen and oxygen atoms in total. The summed E-state index contributed by atoms with van der Waals surface area (Å²) in [6, 6.07) is 0. The van der Waals surface area contributed by atoms with Crippen molar-refractivity contribution in [3.8, 4) is 0 Å². The third kappa shape index (κ3) is 6.94. The van der Waals surface area contributed by atoms with Crippen molar-refractivity contribution in [2.24, 2.45) is 5.16 Å². The highest BCUT2D eigenvalue weighted by molar-refractivity contribution is 6.36. The van der Waals surface area contributed by atoms with Crippen LogP contribution in [0.3, 0.4) is 0 Å². The number of hydrogen-bond donors (Lipinski definition) is 1. The topological polar surface area (TPSA) is 58.9 Å². The van der Waals surface area contributed by atoms with Gasteiger partial charge >= 0.3 is 5.97 Å². The maximum atomic E-state index is 11.0. The molecule has 0 aliphatic rings. The summed E-state index contributed by atoms with van der Waals surface area (Å²) in [5.74, 6) is -0.536. The van der Waals surface area contributed by atoms with Crippen LogP contribution in [0.15, 0.2) is 5.16 Å². The van der Waals surface area contributed by atoms with Crippen molar-refractivity contribution in [1.82, 2.24) is 0 Å². The predicted octanol–water partition coefficient (Wildman–Crippen LogP) is 2.74. The third-order valence-electron chi connectivity index (χ3n) is 2.31. The number of carbonyl (C=O) groups excluding carboxylic acids is 1. The number of rotatable bonds is 8. The van der Waals surface area contributed by atoms with Crippen molar-refractivity contribution < 1.29 is 14.7 Å². The highest BCUT2D eigenvalue weighted by Gasteiger charge is 2.11. The Balaban J connectivity index is 3.52. The number of carbonyl (C=O) groups is 1. The van der Waals surface area contributed by atoms with Crippen LogP contribution in [0.2, 0.25) is 0 Å². The maximum absolute atomic E-state index is 11.0. The van der Waals surface area contributed by atoms with E-state index in [0.717, 1.165) is 12.8 Å². The SMILES string of the molecule is CCCCCCCCC(=NO)C(=O)OC. The number of esters is 1. The Bertz CT molecular complexity index is 202. The first-order valence-corrected chi connectivity index (χ1v) is 5.55. The van der Waals surface area contributed by atoms with Gasteiger partial charge < -0.3 is 9.94 Å². The highest BCUT2D eigenvalue weighted by Crippen LogP contribution is 2.07. The molecule has 0 unspecified atom stereocenters. The molecule has 4 heteroatoms. The number of unbranched alkanes of at least 4 members (excludes halogenated alkanes) is 5. The van der Waals surface area contributed by atoms with E-state index in [9.17, 15) is 4.79 Å². The lowest BCUT2D eigenvalue weighted by molar-refractivity contribution is -0.133. The Kier molecular flexibility index (Phi) is 8.82. The van der Waals surface area contributed by atoms with Gasteiger partial charge in [0, 0.05) is 6.42 Å². The van der Waals surface area contributed by atoms with E-state index in [1.54, 1.807) is 0 Å². The molecule has 0 saturated carbocycles. The molecule has 0 aromatic carbocycles. The van der Waals surface area contributed by atoms with E-state index in [1.807, 2.05) is 0 Å². The fourth-order valence-corrected chi connectivity index (χ4v) is 1.38. The third-order valence-corrected chi connectivity index (χ3v) is 2.31. The molecule has 1 N–H and O–H groups in total. The molecule has 0 radical (unpaired) electrons. The van der Waals surface area contributed by atoms with Gasteiger partial charge in [-0.05, 0) is 6.42 Å². The van der Waals surface area contributed by atoms with Crippen molar-refractivity contribution in [3.63, 3.8) is 0 Å². The number of nitrogens with zero attached hydrogens (tertiary/aromatic N) is 1. The summed E-state index contributed by atoms with van der Waals surface area (Å²) >= 11 is 0. The predicted molar refractivity (Wildman–Crippen MR) is 59.2 cm³/mol. The van der Waals surface area contributed by atoms with Crippen molar-refractivity contribution in [1.29, 1.82) is 0 Å². The quantitative estimate of drug-likeness (QED) is 0.223. The maximum Gasteiger partial charge on any atom is 0.355 e. The molecule has 0 saturated heterocycles. The van der Waals surface area contributed by atoms with Gasteiger partial charge in [-0.3, -0.25) is 0 Å². The molecule has 0 aromatic heterocycles. The second-order valence-electron chi connectivity index (χ2n) is 3.56. The van der Waals surface area contributed by atoms with Crippen molar-refractivity contribution >= 4 is 11.7 Å². The van der Waals surface area contributed by atoms with E-state index in [-0.39, 0.29) is 5.71 Å². The average molecular weight is 215 g/mol. The van der Waals surface area contributed by atoms with Crippen LogP contribution < -0.4 is 0 Å². The Hall–Kier alpha value is -1.06. The lowest BCUT2D eigenvalue weighted by atomic mass is 10.1. The summed E-state index contributed by atoms with van der Waals surface area (Å²) in [5, 5.41) is 11.5. The van der Waals surface area contributed by atoms with Crippen LogP contribution in [0.25, 0.3) is 0 Å². The lowest BCUT2D eigenvalue weighted by Gasteiger charge is -2.02. The smallest absolute Gasteiger partial charge is 0.355 e. The second-order valence-corrected chi connectivity index (χ2v) is 3.56. The van der Waals surface area contributed by atoms with Crippen molar-refractivity contribution in [3.05, 3.63) is 0 Å². The van der Waals surface area contributed by atoms with Gasteiger partial charge in [-0.2, -0.15) is 0 Å². The molecule has 0 atom stereocenters. The molecule has 0 spiro atoms. The molecular weight excluding hydrogens is 194 g/mol. The van der Waals surface area contributed by atoms with Gasteiger partial charge in [0.15, 0.2) is 5.71 Å². The summed E-state index contributed by atoms with van der Waals surface area (Å²) in [7, 11) is 1.29. The average Bonchev–Trinajstić information content (AvgIpc) is 2.27. The number of oxime groups is 1. The molecule has 0 aliphatic heterocycles. The molecule has 0 aromatic rings. The minimum atomic E-state index is -0.536. The molecule has 0 heterocycles. The number of methoxy groups -OCH3 is 1. The molecule has 0 bridgehead atoms. The molecular formula is C11H21NO3. The van der Waals surface area contributed by atoms with Gasteiger partial charge in [0.2, 0.25) is 0 Å². The highest BCUT2D eigenvalue weighted by atomic mass is 16.5. The van der Waals surface area contributed by atoms with Gasteiger partial charge in [0.05, 0.1) is 7.11 Å². The Morgan fingerprint density at radius 3 is 2.33 bits per heavy atom. The Morgan fingerprint density at radius 2 is 1.80 bits per heavy atom. The number of ether oxygens (including phenoxy) is 1. The van der Waals surface area contributed by atoms with Gasteiger partial charge in [-0.25, -0.2) is 4.79 Å². The van der Waals surface area contributed by atoms with Gasteiger partial charge in [-0.1, -0.05) is 44.2 Å². The standard InChI is InChI=1S/C11H21NO3/c1-3-4-5-6-7-8-9-10(12-14)11(13)15-2/h14H,3-9H2,1-2H3. The van der Waals surface area contributed by atoms with E-state index in [2.05, 4.69) is 16.8 Å². The van der Waals surface area contributed by atoms with Crippen LogP contribution in [0.5, 0.6) is 0 Å². The summed E-state index contributed by atoms with van der Waals surface area (Å²) in [6.45, 7) is 2.17. The second kappa shape index (κ2) is 9.49. The van der Waals surface area contributed by atoms with E-state index < -0.39 is 5.97 Å². The summed E-state index contributed by atoms with van der Waals surface area (Å²) < 4.78 is 4.47. The zero-order valence-corrected chi connectivity index (χ0v) is 9.66. The van der Waals surface area contributed by atoms with Crippen LogP contribution in [-0.4, -0.2) is 24.0 Å². The lowest BCUT2D eigenvalue weighted by Crippen LogP contribution is -2.15. The first-order valence-electron chi connectivity index (χ1n) is 5.55. The monoisotopic (exact) mass is 215 g/mol. The molecule has 0 rings (SSSR count). The van der Waals surface area contributed by atoms with Crippen LogP contribution in [-0.2, 0) is 9.53 Å². The normalized spacial score (nSPS) is 11.5. The first-order chi connectivity index (χ1) is 7.26. The van der Waals surface area contributed by atoms with E-state index in [0.29, 0.717) is 6.42 Å². The number of hydrogen-bond acceptors (Lipinski definition) is 4. The zero-order valence-electron chi connectivity index (χ0n) is 9.66. The van der Waals surface area contributed by atoms with Crippen LogP contribution in [0, 0.1) is 0 Å². The van der Waals surface area contributed by atoms with Gasteiger partial charge in [-0.15, -0.1) is 0 Å². The summed E-state index contributed by atoms with van der Waals surface area (Å²) in [4.78, 5) is 11.0. The van der Waals surface area contributed by atoms with Crippen molar-refractivity contribution in [2.75, 3.05) is 7.11 Å². The van der Waals surface area contributed by atoms with Crippen molar-refractivity contribution in [2.45, 2.75) is 51.9 Å². The Labute approximate surface area is 91.3 Å². The molecule has 88 valence electrons. The molecule has 0 aliphatic carbocycles. The minimum absolute atomic E-state index is 0.119. The van der Waals surface area contributed by atoms with E-state index >= 15 is 0 Å². The van der Waals surface area contributed by atoms with Gasteiger partial charge in [0.25, 0.3) is 0 Å². The largest absolute Gasteiger partial charge is 0.464 e. The summed E-state index contributed by atoms with van der Waals surface area (Å²) in [5.41, 5.74) is 0.119. The van der Waals surface area contributed by atoms with Crippen LogP contribution in [0.1, 0.15) is 51.9 Å². The fourth-order valence-electron chi connectivity index (χ4n) is 1.38. The molecule has 0 fully saturated rings. The molecule has 15 heavy (non-hydrogen) atoms. The minimum Gasteiger partial charge on any atom is -0.464 e. The summed E-state index contributed by atoms with van der Waals surface area (Å²) in [6.07, 6.45) is 7.33. The first kappa shape index (κ1) is 13.9. The fraction of sp³-hybridized carbons (Fsp3) is 0.818. The van der Waals surface area contributed by atoms with E-state index in [4.69, 9.17) is 5.21 Å².